The van der Waals surface area contributed by atoms with Crippen molar-refractivity contribution in [3.63, 3.8) is 0 Å². The molecule has 184 valence electrons. The smallest absolute Gasteiger partial charge is 0.411 e. The van der Waals surface area contributed by atoms with Gasteiger partial charge < -0.3 is 24.3 Å². The van der Waals surface area contributed by atoms with E-state index in [1.807, 2.05) is 42.5 Å². The number of nitriles is 1. The number of nitrogens with zero attached hydrogens (tertiary/aromatic N) is 2. The lowest BCUT2D eigenvalue weighted by molar-refractivity contribution is 0.0754. The Labute approximate surface area is 204 Å². The van der Waals surface area contributed by atoms with Crippen LogP contribution in [0.2, 0.25) is 0 Å². The summed E-state index contributed by atoms with van der Waals surface area (Å²) < 4.78 is 13.2. The second-order valence-electron chi connectivity index (χ2n) is 9.10. The van der Waals surface area contributed by atoms with Gasteiger partial charge in [-0.2, -0.15) is 5.26 Å². The van der Waals surface area contributed by atoms with Crippen LogP contribution in [0.1, 0.15) is 51.1 Å². The van der Waals surface area contributed by atoms with E-state index in [0.717, 1.165) is 41.4 Å². The van der Waals surface area contributed by atoms with Crippen molar-refractivity contribution in [3.8, 4) is 23.1 Å². The lowest BCUT2D eigenvalue weighted by atomic mass is 9.92. The highest BCUT2D eigenvalue weighted by atomic mass is 16.6. The molecule has 0 radical (unpaired) electrons. The van der Waals surface area contributed by atoms with Crippen molar-refractivity contribution in [2.45, 2.75) is 57.8 Å². The molecule has 1 aromatic heterocycles. The molecule has 3 N–H and O–H groups in total. The second kappa shape index (κ2) is 10.8. The molecule has 0 aliphatic heterocycles. The highest BCUT2D eigenvalue weighted by Crippen LogP contribution is 2.43. The Morgan fingerprint density at radius 1 is 1.23 bits per heavy atom. The van der Waals surface area contributed by atoms with E-state index in [1.165, 1.54) is 0 Å². The van der Waals surface area contributed by atoms with E-state index < -0.39 is 12.2 Å². The van der Waals surface area contributed by atoms with Crippen molar-refractivity contribution >= 4 is 22.7 Å². The van der Waals surface area contributed by atoms with Crippen LogP contribution in [0, 0.1) is 11.3 Å². The van der Waals surface area contributed by atoms with Gasteiger partial charge in [-0.1, -0.05) is 12.1 Å². The Morgan fingerprint density at radius 2 is 1.97 bits per heavy atom. The number of rotatable bonds is 9. The van der Waals surface area contributed by atoms with Gasteiger partial charge in [-0.3, -0.25) is 5.32 Å². The summed E-state index contributed by atoms with van der Waals surface area (Å²) in [5, 5.41) is 32.3. The van der Waals surface area contributed by atoms with Gasteiger partial charge >= 0.3 is 6.09 Å². The topological polar surface area (TPSA) is 117 Å². The predicted molar refractivity (Wildman–Crippen MR) is 133 cm³/mol. The maximum atomic E-state index is 11.9. The predicted octanol–water partition coefficient (Wildman–Crippen LogP) is 4.98. The minimum absolute atomic E-state index is 0.209. The SMILES string of the molecule is CC(C)OC(=O)Nc1ccc(-c2c(C#N)c3ccc(OCC[C@H](O)CO)cc3n2C2CCC2)cc1. The Morgan fingerprint density at radius 3 is 2.57 bits per heavy atom. The molecule has 1 fully saturated rings. The molecule has 0 unspecified atom stereocenters. The number of amides is 1. The molecular formula is C27H31N3O5. The number of ether oxygens (including phenoxy) is 2. The third kappa shape index (κ3) is 5.42. The van der Waals surface area contributed by atoms with Crippen molar-refractivity contribution in [2.75, 3.05) is 18.5 Å². The van der Waals surface area contributed by atoms with Crippen LogP contribution in [-0.2, 0) is 4.74 Å². The lowest BCUT2D eigenvalue weighted by Crippen LogP contribution is -2.18. The number of carbonyl (C=O) groups is 1. The van der Waals surface area contributed by atoms with Crippen molar-refractivity contribution in [1.29, 1.82) is 5.26 Å². The van der Waals surface area contributed by atoms with Crippen LogP contribution in [-0.4, -0.2) is 46.3 Å². The zero-order chi connectivity index (χ0) is 24.9. The third-order valence-corrected chi connectivity index (χ3v) is 6.21. The summed E-state index contributed by atoms with van der Waals surface area (Å²) in [7, 11) is 0. The van der Waals surface area contributed by atoms with Crippen LogP contribution < -0.4 is 10.1 Å². The Bertz CT molecular complexity index is 1220. The monoisotopic (exact) mass is 477 g/mol. The van der Waals surface area contributed by atoms with Crippen LogP contribution in [0.4, 0.5) is 10.5 Å². The maximum absolute atomic E-state index is 11.9. The van der Waals surface area contributed by atoms with E-state index in [9.17, 15) is 15.2 Å². The second-order valence-corrected chi connectivity index (χ2v) is 9.10. The molecule has 35 heavy (non-hydrogen) atoms. The van der Waals surface area contributed by atoms with Gasteiger partial charge in [-0.05, 0) is 62.9 Å². The van der Waals surface area contributed by atoms with E-state index in [1.54, 1.807) is 13.8 Å². The van der Waals surface area contributed by atoms with E-state index in [2.05, 4.69) is 16.0 Å². The van der Waals surface area contributed by atoms with Gasteiger partial charge in [0.2, 0.25) is 0 Å². The summed E-state index contributed by atoms with van der Waals surface area (Å²) in [6.45, 7) is 3.57. The molecule has 1 aliphatic rings. The van der Waals surface area contributed by atoms with Gasteiger partial charge in [0.25, 0.3) is 0 Å². The number of aliphatic hydroxyl groups is 2. The molecule has 1 atom stereocenters. The normalized spacial score (nSPS) is 14.4. The van der Waals surface area contributed by atoms with Crippen molar-refractivity contribution < 1.29 is 24.5 Å². The minimum atomic E-state index is -0.806. The number of nitrogens with one attached hydrogen (secondary N) is 1. The molecule has 0 spiro atoms. The molecular weight excluding hydrogens is 446 g/mol. The molecule has 3 aromatic rings. The average Bonchev–Trinajstić information content (AvgIpc) is 3.11. The summed E-state index contributed by atoms with van der Waals surface area (Å²) in [5.41, 5.74) is 3.90. The number of hydrogen-bond acceptors (Lipinski definition) is 6. The molecule has 1 amide bonds. The van der Waals surface area contributed by atoms with Crippen LogP contribution in [0.3, 0.4) is 0 Å². The quantitative estimate of drug-likeness (QED) is 0.400. The summed E-state index contributed by atoms with van der Waals surface area (Å²) in [6.07, 6.45) is 2.03. The van der Waals surface area contributed by atoms with Gasteiger partial charge in [0.15, 0.2) is 0 Å². The Kier molecular flexibility index (Phi) is 7.59. The minimum Gasteiger partial charge on any atom is -0.493 e. The zero-order valence-electron chi connectivity index (χ0n) is 20.0. The first-order chi connectivity index (χ1) is 16.9. The molecule has 1 saturated carbocycles. The highest BCUT2D eigenvalue weighted by Gasteiger charge is 2.28. The lowest BCUT2D eigenvalue weighted by Gasteiger charge is -2.30. The summed E-state index contributed by atoms with van der Waals surface area (Å²) >= 11 is 0. The van der Waals surface area contributed by atoms with Gasteiger partial charge in [0.1, 0.15) is 11.8 Å². The van der Waals surface area contributed by atoms with E-state index >= 15 is 0 Å². The van der Waals surface area contributed by atoms with Gasteiger partial charge in [0, 0.05) is 29.6 Å². The van der Waals surface area contributed by atoms with Gasteiger partial charge in [-0.15, -0.1) is 0 Å². The van der Waals surface area contributed by atoms with Crippen molar-refractivity contribution in [1.82, 2.24) is 4.57 Å². The summed E-state index contributed by atoms with van der Waals surface area (Å²) in [4.78, 5) is 11.9. The van der Waals surface area contributed by atoms with Crippen LogP contribution in [0.5, 0.6) is 5.75 Å². The number of carbonyl (C=O) groups excluding carboxylic acids is 1. The Hall–Kier alpha value is -3.54. The van der Waals surface area contributed by atoms with Crippen LogP contribution in [0.15, 0.2) is 42.5 Å². The van der Waals surface area contributed by atoms with Crippen LogP contribution in [0.25, 0.3) is 22.2 Å². The number of anilines is 1. The number of fused-ring (bicyclic) bond motifs is 1. The third-order valence-electron chi connectivity index (χ3n) is 6.21. The van der Waals surface area contributed by atoms with Gasteiger partial charge in [-0.25, -0.2) is 4.79 Å². The first-order valence-electron chi connectivity index (χ1n) is 12.0. The Balaban J connectivity index is 1.69. The fraction of sp³-hybridized carbons (Fsp3) is 0.407. The standard InChI is InChI=1S/C27H31N3O5/c1-17(2)35-27(33)29-19-8-6-18(7-9-19)26-24(15-28)23-11-10-22(34-13-12-21(32)16-31)14-25(23)30(26)20-4-3-5-20/h6-11,14,17,20-21,31-32H,3-5,12-13,16H2,1-2H3,(H,29,33)/t21-/m0/s1. The van der Waals surface area contributed by atoms with Crippen molar-refractivity contribution in [3.05, 3.63) is 48.0 Å². The number of aliphatic hydroxyl groups excluding tert-OH is 2. The maximum Gasteiger partial charge on any atom is 0.411 e. The fourth-order valence-corrected chi connectivity index (χ4v) is 4.28. The molecule has 0 bridgehead atoms. The number of hydrogen-bond donors (Lipinski definition) is 3. The molecule has 8 nitrogen and oxygen atoms in total. The molecule has 1 heterocycles. The first-order valence-corrected chi connectivity index (χ1v) is 12.0. The van der Waals surface area contributed by atoms with E-state index in [0.29, 0.717) is 29.5 Å². The van der Waals surface area contributed by atoms with E-state index in [4.69, 9.17) is 14.6 Å². The van der Waals surface area contributed by atoms with Crippen molar-refractivity contribution in [2.24, 2.45) is 0 Å². The molecule has 2 aromatic carbocycles. The van der Waals surface area contributed by atoms with E-state index in [-0.39, 0.29) is 19.3 Å². The largest absolute Gasteiger partial charge is 0.493 e. The molecule has 1 aliphatic carbocycles. The molecule has 8 heteroatoms. The first kappa shape index (κ1) is 24.6. The summed E-state index contributed by atoms with van der Waals surface area (Å²) in [6, 6.07) is 15.8. The average molecular weight is 478 g/mol. The number of benzene rings is 2. The fourth-order valence-electron chi connectivity index (χ4n) is 4.28. The highest BCUT2D eigenvalue weighted by molar-refractivity contribution is 5.96. The molecule has 4 rings (SSSR count). The molecule has 0 saturated heterocycles. The zero-order valence-corrected chi connectivity index (χ0v) is 20.0. The number of aromatic nitrogens is 1. The van der Waals surface area contributed by atoms with Crippen LogP contribution >= 0.6 is 0 Å². The van der Waals surface area contributed by atoms with Gasteiger partial charge in [0.05, 0.1) is 42.2 Å². The summed E-state index contributed by atoms with van der Waals surface area (Å²) in [5.74, 6) is 0.653.